The summed E-state index contributed by atoms with van der Waals surface area (Å²) in [5.74, 6) is 1.28. The van der Waals surface area contributed by atoms with Crippen LogP contribution >= 0.6 is 0 Å². The molecule has 1 saturated carbocycles. The lowest BCUT2D eigenvalue weighted by molar-refractivity contribution is -0.120. The number of allylic oxidation sites excluding steroid dienone is 2. The Hall–Kier alpha value is -0.930. The zero-order chi connectivity index (χ0) is 18.1. The van der Waals surface area contributed by atoms with Gasteiger partial charge in [0.15, 0.2) is 5.78 Å². The van der Waals surface area contributed by atoms with Crippen LogP contribution in [0.25, 0.3) is 0 Å². The van der Waals surface area contributed by atoms with E-state index in [1.54, 1.807) is 6.08 Å². The minimum Gasteiger partial charge on any atom is -0.389 e. The van der Waals surface area contributed by atoms with Gasteiger partial charge in [0.05, 0.1) is 12.2 Å². The van der Waals surface area contributed by atoms with Crippen molar-refractivity contribution in [3.63, 3.8) is 0 Å². The lowest BCUT2D eigenvalue weighted by Crippen LogP contribution is -2.35. The van der Waals surface area contributed by atoms with Gasteiger partial charge in [-0.05, 0) is 49.2 Å². The fourth-order valence-corrected chi connectivity index (χ4v) is 3.33. The number of hydrogen-bond acceptors (Lipinski definition) is 3. The molecule has 2 N–H and O–H groups in total. The van der Waals surface area contributed by atoms with Crippen molar-refractivity contribution in [1.82, 2.24) is 0 Å². The quantitative estimate of drug-likeness (QED) is 0.352. The van der Waals surface area contributed by atoms with Crippen molar-refractivity contribution < 1.29 is 15.0 Å². The summed E-state index contributed by atoms with van der Waals surface area (Å²) in [6, 6.07) is 0. The van der Waals surface area contributed by atoms with E-state index >= 15 is 0 Å². The van der Waals surface area contributed by atoms with Gasteiger partial charge >= 0.3 is 0 Å². The maximum atomic E-state index is 12.2. The first-order valence-electron chi connectivity index (χ1n) is 9.56. The summed E-state index contributed by atoms with van der Waals surface area (Å²) >= 11 is 0. The minimum absolute atomic E-state index is 0.0191. The predicted octanol–water partition coefficient (Wildman–Crippen LogP) is 4.43. The molecule has 0 radical (unpaired) electrons. The van der Waals surface area contributed by atoms with Gasteiger partial charge in [-0.3, -0.25) is 4.79 Å². The Labute approximate surface area is 147 Å². The molecule has 0 amide bonds. The van der Waals surface area contributed by atoms with Crippen LogP contribution in [0.15, 0.2) is 24.3 Å². The van der Waals surface area contributed by atoms with E-state index in [1.807, 2.05) is 6.08 Å². The highest BCUT2D eigenvalue weighted by atomic mass is 16.3. The molecule has 1 fully saturated rings. The molecule has 1 rings (SSSR count). The van der Waals surface area contributed by atoms with Gasteiger partial charge in [0.25, 0.3) is 0 Å². The van der Waals surface area contributed by atoms with Crippen molar-refractivity contribution in [2.75, 3.05) is 0 Å². The second-order valence-corrected chi connectivity index (χ2v) is 7.94. The fourth-order valence-electron chi connectivity index (χ4n) is 3.33. The van der Waals surface area contributed by atoms with Gasteiger partial charge in [0.1, 0.15) is 0 Å². The summed E-state index contributed by atoms with van der Waals surface area (Å²) in [6.07, 6.45) is 9.98. The maximum Gasteiger partial charge on any atom is 0.158 e. The van der Waals surface area contributed by atoms with Gasteiger partial charge in [0, 0.05) is 5.92 Å². The molecule has 0 spiro atoms. The second kappa shape index (κ2) is 10.8. The Morgan fingerprint density at radius 3 is 2.29 bits per heavy atom. The van der Waals surface area contributed by atoms with Crippen molar-refractivity contribution in [1.29, 1.82) is 0 Å². The second-order valence-electron chi connectivity index (χ2n) is 7.94. The molecule has 0 aliphatic heterocycles. The SMILES string of the molecule is C=C1[C@H](O)CC(C(=O)C=CCCCC(C)CCCC(C)C)C[C@H]1O. The molecular weight excluding hydrogens is 300 g/mol. The average Bonchev–Trinajstić information content (AvgIpc) is 2.51. The van der Waals surface area contributed by atoms with E-state index in [0.29, 0.717) is 18.4 Å². The molecule has 0 aromatic rings. The van der Waals surface area contributed by atoms with Crippen LogP contribution in [0, 0.1) is 17.8 Å². The third kappa shape index (κ3) is 7.76. The Morgan fingerprint density at radius 1 is 1.12 bits per heavy atom. The lowest BCUT2D eigenvalue weighted by atomic mass is 9.80. The van der Waals surface area contributed by atoms with Crippen molar-refractivity contribution in [3.8, 4) is 0 Å². The van der Waals surface area contributed by atoms with Gasteiger partial charge in [-0.2, -0.15) is 0 Å². The Bertz CT molecular complexity index is 411. The van der Waals surface area contributed by atoms with Crippen LogP contribution in [0.2, 0.25) is 0 Å². The van der Waals surface area contributed by atoms with Crippen LogP contribution in [0.1, 0.15) is 72.1 Å². The third-order valence-corrected chi connectivity index (χ3v) is 5.10. The van der Waals surface area contributed by atoms with E-state index in [2.05, 4.69) is 27.4 Å². The Kier molecular flexibility index (Phi) is 9.53. The number of aliphatic hydroxyl groups is 2. The molecule has 1 aliphatic carbocycles. The zero-order valence-electron chi connectivity index (χ0n) is 15.7. The number of aliphatic hydroxyl groups excluding tert-OH is 2. The topological polar surface area (TPSA) is 57.5 Å². The Morgan fingerprint density at radius 2 is 1.71 bits per heavy atom. The Balaban J connectivity index is 2.20. The molecule has 1 unspecified atom stereocenters. The highest BCUT2D eigenvalue weighted by Crippen LogP contribution is 2.29. The van der Waals surface area contributed by atoms with E-state index in [4.69, 9.17) is 0 Å². The highest BCUT2D eigenvalue weighted by molar-refractivity contribution is 5.91. The molecule has 1 aliphatic rings. The molecule has 0 heterocycles. The third-order valence-electron chi connectivity index (χ3n) is 5.10. The zero-order valence-corrected chi connectivity index (χ0v) is 15.7. The first kappa shape index (κ1) is 21.1. The van der Waals surface area contributed by atoms with E-state index in [-0.39, 0.29) is 11.7 Å². The van der Waals surface area contributed by atoms with E-state index in [1.165, 1.54) is 25.7 Å². The summed E-state index contributed by atoms with van der Waals surface area (Å²) < 4.78 is 0. The smallest absolute Gasteiger partial charge is 0.158 e. The fraction of sp³-hybridized carbons (Fsp3) is 0.762. The predicted molar refractivity (Wildman–Crippen MR) is 99.7 cm³/mol. The van der Waals surface area contributed by atoms with Crippen LogP contribution in [0.3, 0.4) is 0 Å². The van der Waals surface area contributed by atoms with E-state index in [0.717, 1.165) is 24.7 Å². The minimum atomic E-state index is -0.761. The van der Waals surface area contributed by atoms with Crippen LogP contribution < -0.4 is 0 Å². The highest BCUT2D eigenvalue weighted by Gasteiger charge is 2.32. The number of carbonyl (C=O) groups is 1. The summed E-state index contributed by atoms with van der Waals surface area (Å²) in [6.45, 7) is 10.5. The van der Waals surface area contributed by atoms with Crippen LogP contribution in [0.4, 0.5) is 0 Å². The van der Waals surface area contributed by atoms with Crippen LogP contribution in [-0.2, 0) is 4.79 Å². The number of unbranched alkanes of at least 4 members (excludes halogenated alkanes) is 1. The first-order valence-corrected chi connectivity index (χ1v) is 9.56. The first-order chi connectivity index (χ1) is 11.3. The molecule has 0 saturated heterocycles. The van der Waals surface area contributed by atoms with Crippen LogP contribution in [-0.4, -0.2) is 28.2 Å². The van der Waals surface area contributed by atoms with Gasteiger partial charge in [0.2, 0.25) is 0 Å². The molecule has 138 valence electrons. The largest absolute Gasteiger partial charge is 0.389 e. The monoisotopic (exact) mass is 336 g/mol. The van der Waals surface area contributed by atoms with Crippen LogP contribution in [0.5, 0.6) is 0 Å². The van der Waals surface area contributed by atoms with E-state index < -0.39 is 12.2 Å². The lowest BCUT2D eigenvalue weighted by Gasteiger charge is -2.30. The standard InChI is InChI=1S/C21H36O3/c1-15(2)9-8-11-16(3)10-6-5-7-12-19(22)18-13-20(23)17(4)21(24)14-18/h7,12,15-16,18,20-21,23-24H,4-6,8-11,13-14H2,1-3H3/t16?,20-,21-/m1/s1. The number of carbonyl (C=O) groups excluding carboxylic acids is 1. The summed E-state index contributed by atoms with van der Waals surface area (Å²) in [4.78, 5) is 12.2. The number of ketones is 1. The number of hydrogen-bond donors (Lipinski definition) is 2. The van der Waals surface area contributed by atoms with Gasteiger partial charge in [-0.15, -0.1) is 0 Å². The average molecular weight is 337 g/mol. The molecule has 0 aromatic carbocycles. The summed E-state index contributed by atoms with van der Waals surface area (Å²) in [5.41, 5.74) is 0.439. The van der Waals surface area contributed by atoms with Gasteiger partial charge in [-0.25, -0.2) is 0 Å². The normalized spacial score (nSPS) is 26.2. The molecule has 3 atom stereocenters. The van der Waals surface area contributed by atoms with Gasteiger partial charge < -0.3 is 10.2 Å². The van der Waals surface area contributed by atoms with Crippen molar-refractivity contribution in [2.24, 2.45) is 17.8 Å². The molecular formula is C21H36O3. The van der Waals surface area contributed by atoms with Crippen molar-refractivity contribution >= 4 is 5.78 Å². The summed E-state index contributed by atoms with van der Waals surface area (Å²) in [7, 11) is 0. The maximum absolute atomic E-state index is 12.2. The van der Waals surface area contributed by atoms with Crippen molar-refractivity contribution in [2.45, 2.75) is 84.3 Å². The summed E-state index contributed by atoms with van der Waals surface area (Å²) in [5, 5.41) is 19.6. The molecule has 0 bridgehead atoms. The molecule has 0 aromatic heterocycles. The van der Waals surface area contributed by atoms with Crippen molar-refractivity contribution in [3.05, 3.63) is 24.3 Å². The molecule has 3 nitrogen and oxygen atoms in total. The molecule has 24 heavy (non-hydrogen) atoms. The van der Waals surface area contributed by atoms with Gasteiger partial charge in [-0.1, -0.05) is 59.1 Å². The molecule has 3 heteroatoms. The number of rotatable bonds is 10. The van der Waals surface area contributed by atoms with E-state index in [9.17, 15) is 15.0 Å².